The van der Waals surface area contributed by atoms with Crippen molar-refractivity contribution in [3.8, 4) is 33.6 Å². The second-order valence-corrected chi connectivity index (χ2v) is 15.9. The van der Waals surface area contributed by atoms with E-state index in [1.165, 1.54) is 82.6 Å². The number of hydrogen-bond acceptors (Lipinski definition) is 0. The molecule has 0 spiro atoms. The summed E-state index contributed by atoms with van der Waals surface area (Å²) in [6, 6.07) is 68.7. The maximum absolute atomic E-state index is 2.47. The Kier molecular flexibility index (Phi) is 8.08. The number of hydrogen-bond donors (Lipinski definition) is 0. The minimum atomic E-state index is 0.132. The fourth-order valence-corrected chi connectivity index (χ4v) is 8.40. The number of fused-ring (bicyclic) bond motifs is 6. The monoisotopic (exact) mass is 718 g/mol. The molecular formula is C54H42N2. The lowest BCUT2D eigenvalue weighted by atomic mass is 9.87. The first-order chi connectivity index (χ1) is 27.4. The zero-order valence-corrected chi connectivity index (χ0v) is 31.9. The molecule has 8 aromatic carbocycles. The van der Waals surface area contributed by atoms with Gasteiger partial charge in [0.2, 0.25) is 0 Å². The van der Waals surface area contributed by atoms with E-state index in [1.54, 1.807) is 0 Å². The van der Waals surface area contributed by atoms with E-state index >= 15 is 0 Å². The van der Waals surface area contributed by atoms with Gasteiger partial charge in [0.25, 0.3) is 0 Å². The van der Waals surface area contributed by atoms with Crippen molar-refractivity contribution in [3.05, 3.63) is 205 Å². The van der Waals surface area contributed by atoms with Gasteiger partial charge in [-0.25, -0.2) is 0 Å². The van der Waals surface area contributed by atoms with Crippen LogP contribution in [0.25, 0.3) is 89.4 Å². The number of benzene rings is 8. The second kappa shape index (κ2) is 13.4. The number of rotatable bonds is 6. The largest absolute Gasteiger partial charge is 0.307 e. The maximum Gasteiger partial charge on any atom is 0.0803 e. The molecule has 0 bridgehead atoms. The highest BCUT2D eigenvalue weighted by molar-refractivity contribution is 6.20. The van der Waals surface area contributed by atoms with E-state index < -0.39 is 0 Å². The summed E-state index contributed by atoms with van der Waals surface area (Å²) < 4.78 is 4.93. The predicted molar refractivity (Wildman–Crippen MR) is 240 cm³/mol. The summed E-state index contributed by atoms with van der Waals surface area (Å²) in [5, 5.41) is 4.96. The zero-order valence-electron chi connectivity index (χ0n) is 31.9. The lowest BCUT2D eigenvalue weighted by Crippen LogP contribution is -2.10. The second-order valence-electron chi connectivity index (χ2n) is 15.9. The fraction of sp³-hybridized carbons (Fsp3) is 0.0741. The molecule has 0 aliphatic heterocycles. The molecule has 0 amide bonds. The lowest BCUT2D eigenvalue weighted by Gasteiger charge is -2.18. The van der Waals surface area contributed by atoms with E-state index in [9.17, 15) is 0 Å². The van der Waals surface area contributed by atoms with Gasteiger partial charge in [-0.15, -0.1) is 0 Å². The molecule has 56 heavy (non-hydrogen) atoms. The molecule has 0 aliphatic carbocycles. The third-order valence-corrected chi connectivity index (χ3v) is 11.3. The standard InChI is InChI=1S/C54H42N2/c1-54(2,3)43-30-26-37(27-31-43)24-25-38-28-32-48-50(34-38)55(44-18-6-4-7-19-44)53-49-33-29-41(36-51(49)56(52(48)53)45-20-8-5-9-21-45)40-16-12-17-42(35-40)47-23-13-15-39-14-10-11-22-46(39)47/h4-36H,1-3H3. The van der Waals surface area contributed by atoms with Crippen LogP contribution in [0.3, 0.4) is 0 Å². The molecule has 10 aromatic rings. The van der Waals surface area contributed by atoms with Gasteiger partial charge in [-0.05, 0) is 97.6 Å². The molecule has 10 rings (SSSR count). The van der Waals surface area contributed by atoms with Gasteiger partial charge in [0.05, 0.1) is 22.1 Å². The highest BCUT2D eigenvalue weighted by atomic mass is 15.1. The highest BCUT2D eigenvalue weighted by Crippen LogP contribution is 2.43. The Morgan fingerprint density at radius 1 is 0.393 bits per heavy atom. The smallest absolute Gasteiger partial charge is 0.0803 e. The first-order valence-electron chi connectivity index (χ1n) is 19.5. The zero-order chi connectivity index (χ0) is 37.8. The van der Waals surface area contributed by atoms with Crippen LogP contribution in [0, 0.1) is 0 Å². The minimum absolute atomic E-state index is 0.132. The number of aromatic nitrogens is 2. The molecule has 0 atom stereocenters. The Morgan fingerprint density at radius 3 is 1.62 bits per heavy atom. The van der Waals surface area contributed by atoms with E-state index in [0.717, 1.165) is 11.4 Å². The van der Waals surface area contributed by atoms with Crippen LogP contribution in [0.15, 0.2) is 188 Å². The Bertz CT molecular complexity index is 3070. The van der Waals surface area contributed by atoms with Crippen molar-refractivity contribution in [1.82, 2.24) is 9.13 Å². The van der Waals surface area contributed by atoms with Crippen LogP contribution < -0.4 is 0 Å². The van der Waals surface area contributed by atoms with Crippen molar-refractivity contribution < 1.29 is 0 Å². The first kappa shape index (κ1) is 33.7. The van der Waals surface area contributed by atoms with Crippen LogP contribution in [0.1, 0.15) is 37.5 Å². The molecule has 0 aliphatic rings. The summed E-state index contributed by atoms with van der Waals surface area (Å²) in [6.07, 6.45) is 4.46. The third-order valence-electron chi connectivity index (χ3n) is 11.3. The Labute approximate surface area is 328 Å². The van der Waals surface area contributed by atoms with Crippen molar-refractivity contribution in [1.29, 1.82) is 0 Å². The van der Waals surface area contributed by atoms with Gasteiger partial charge < -0.3 is 9.13 Å². The predicted octanol–water partition coefficient (Wildman–Crippen LogP) is 14.7. The molecule has 0 unspecified atom stereocenters. The average Bonchev–Trinajstić information content (AvgIpc) is 3.75. The van der Waals surface area contributed by atoms with E-state index in [0.29, 0.717) is 0 Å². The fourth-order valence-electron chi connectivity index (χ4n) is 8.40. The van der Waals surface area contributed by atoms with E-state index in [1.807, 2.05) is 0 Å². The van der Waals surface area contributed by atoms with Gasteiger partial charge in [0.15, 0.2) is 0 Å². The van der Waals surface area contributed by atoms with E-state index in [4.69, 9.17) is 0 Å². The summed E-state index contributed by atoms with van der Waals surface area (Å²) in [5.41, 5.74) is 15.8. The quantitative estimate of drug-likeness (QED) is 0.152. The van der Waals surface area contributed by atoms with Crippen LogP contribution in [0.4, 0.5) is 0 Å². The SMILES string of the molecule is CC(C)(C)c1ccc(C=Cc2ccc3c(c2)n(-c2ccccc2)c2c4ccc(-c5cccc(-c6cccc7ccccc67)c5)cc4n(-c4ccccc4)c32)cc1. The van der Waals surface area contributed by atoms with Gasteiger partial charge in [0.1, 0.15) is 0 Å². The topological polar surface area (TPSA) is 9.86 Å². The summed E-state index contributed by atoms with van der Waals surface area (Å²) >= 11 is 0. The van der Waals surface area contributed by atoms with Crippen molar-refractivity contribution in [2.45, 2.75) is 26.2 Å². The Hall–Kier alpha value is -6.90. The van der Waals surface area contributed by atoms with Gasteiger partial charge in [-0.1, -0.05) is 179 Å². The molecule has 2 heteroatoms. The normalized spacial score (nSPS) is 12.1. The molecule has 0 N–H and O–H groups in total. The van der Waals surface area contributed by atoms with E-state index in [2.05, 4.69) is 230 Å². The Balaban J connectivity index is 1.17. The van der Waals surface area contributed by atoms with Crippen LogP contribution in [0.5, 0.6) is 0 Å². The maximum atomic E-state index is 2.47. The van der Waals surface area contributed by atoms with Crippen molar-refractivity contribution in [2.75, 3.05) is 0 Å². The highest BCUT2D eigenvalue weighted by Gasteiger charge is 2.23. The average molecular weight is 719 g/mol. The van der Waals surface area contributed by atoms with Crippen molar-refractivity contribution in [2.24, 2.45) is 0 Å². The summed E-state index contributed by atoms with van der Waals surface area (Å²) in [7, 11) is 0. The minimum Gasteiger partial charge on any atom is -0.307 e. The molecule has 2 heterocycles. The lowest BCUT2D eigenvalue weighted by molar-refractivity contribution is 0.590. The van der Waals surface area contributed by atoms with Gasteiger partial charge in [0, 0.05) is 22.1 Å². The Morgan fingerprint density at radius 2 is 0.929 bits per heavy atom. The molecule has 0 saturated heterocycles. The number of nitrogens with zero attached hydrogens (tertiary/aromatic N) is 2. The third kappa shape index (κ3) is 5.82. The summed E-state index contributed by atoms with van der Waals surface area (Å²) in [5.74, 6) is 0. The van der Waals surface area contributed by atoms with Crippen molar-refractivity contribution in [3.63, 3.8) is 0 Å². The summed E-state index contributed by atoms with van der Waals surface area (Å²) in [4.78, 5) is 0. The van der Waals surface area contributed by atoms with Crippen LogP contribution in [-0.4, -0.2) is 9.13 Å². The number of para-hydroxylation sites is 2. The van der Waals surface area contributed by atoms with Crippen molar-refractivity contribution >= 4 is 55.8 Å². The molecule has 0 saturated carbocycles. The van der Waals surface area contributed by atoms with Crippen LogP contribution in [0.2, 0.25) is 0 Å². The summed E-state index contributed by atoms with van der Waals surface area (Å²) in [6.45, 7) is 6.78. The molecule has 2 nitrogen and oxygen atoms in total. The molecular weight excluding hydrogens is 677 g/mol. The first-order valence-corrected chi connectivity index (χ1v) is 19.5. The molecule has 0 fully saturated rings. The molecule has 2 aromatic heterocycles. The van der Waals surface area contributed by atoms with E-state index in [-0.39, 0.29) is 5.41 Å². The van der Waals surface area contributed by atoms with Gasteiger partial charge in [-0.3, -0.25) is 0 Å². The van der Waals surface area contributed by atoms with Crippen LogP contribution >= 0.6 is 0 Å². The van der Waals surface area contributed by atoms with Gasteiger partial charge >= 0.3 is 0 Å². The van der Waals surface area contributed by atoms with Gasteiger partial charge in [-0.2, -0.15) is 0 Å². The van der Waals surface area contributed by atoms with Crippen LogP contribution in [-0.2, 0) is 5.41 Å². The molecule has 0 radical (unpaired) electrons. The molecule has 268 valence electrons.